The van der Waals surface area contributed by atoms with Crippen molar-refractivity contribution in [2.75, 3.05) is 12.0 Å². The summed E-state index contributed by atoms with van der Waals surface area (Å²) in [5, 5.41) is 0. The molecule has 0 N–H and O–H groups in total. The molecule has 1 aromatic rings. The summed E-state index contributed by atoms with van der Waals surface area (Å²) in [5.74, 6) is 1.18. The first-order valence-electron chi connectivity index (χ1n) is 4.21. The second kappa shape index (κ2) is 3.99. The van der Waals surface area contributed by atoms with Crippen molar-refractivity contribution in [3.63, 3.8) is 0 Å². The Kier molecular flexibility index (Phi) is 3.21. The normalized spacial score (nSPS) is 11.6. The van der Waals surface area contributed by atoms with E-state index in [2.05, 4.69) is 50.4 Å². The fourth-order valence-electron chi connectivity index (χ4n) is 1.33. The summed E-state index contributed by atoms with van der Waals surface area (Å²) in [4.78, 5) is 0. The Hall–Kier alpha value is -0.430. The van der Waals surface area contributed by atoms with Gasteiger partial charge in [0.15, 0.2) is 0 Å². The summed E-state index contributed by atoms with van der Waals surface area (Å²) in [6, 6.07) is 10.7. The SMILES string of the molecule is CSCC(C)(C)c1ccccc1. The summed E-state index contributed by atoms with van der Waals surface area (Å²) in [6.45, 7) is 4.58. The summed E-state index contributed by atoms with van der Waals surface area (Å²) in [5.41, 5.74) is 1.74. The first kappa shape index (κ1) is 9.66. The number of hydrogen-bond acceptors (Lipinski definition) is 1. The number of hydrogen-bond donors (Lipinski definition) is 0. The third kappa shape index (κ3) is 2.28. The molecule has 66 valence electrons. The van der Waals surface area contributed by atoms with Crippen molar-refractivity contribution in [1.29, 1.82) is 0 Å². The van der Waals surface area contributed by atoms with E-state index in [4.69, 9.17) is 0 Å². The third-order valence-corrected chi connectivity index (χ3v) is 3.07. The molecule has 0 fully saturated rings. The molecule has 0 spiro atoms. The minimum absolute atomic E-state index is 0.306. The van der Waals surface area contributed by atoms with E-state index in [1.807, 2.05) is 11.8 Å². The van der Waals surface area contributed by atoms with Crippen molar-refractivity contribution >= 4 is 11.8 Å². The topological polar surface area (TPSA) is 0 Å². The van der Waals surface area contributed by atoms with E-state index in [9.17, 15) is 0 Å². The van der Waals surface area contributed by atoms with Crippen LogP contribution in [-0.4, -0.2) is 12.0 Å². The molecule has 0 heterocycles. The maximum Gasteiger partial charge on any atom is 0.00217 e. The maximum atomic E-state index is 2.29. The quantitative estimate of drug-likeness (QED) is 0.687. The lowest BCUT2D eigenvalue weighted by molar-refractivity contribution is 0.603. The van der Waals surface area contributed by atoms with Crippen LogP contribution in [-0.2, 0) is 5.41 Å². The average Bonchev–Trinajstić information content (AvgIpc) is 2.06. The molecule has 0 saturated carbocycles. The van der Waals surface area contributed by atoms with E-state index in [-0.39, 0.29) is 0 Å². The highest BCUT2D eigenvalue weighted by Gasteiger charge is 2.18. The van der Waals surface area contributed by atoms with Crippen molar-refractivity contribution in [2.45, 2.75) is 19.3 Å². The molecule has 0 aliphatic carbocycles. The molecule has 0 bridgehead atoms. The monoisotopic (exact) mass is 180 g/mol. The average molecular weight is 180 g/mol. The van der Waals surface area contributed by atoms with Gasteiger partial charge in [0.25, 0.3) is 0 Å². The van der Waals surface area contributed by atoms with Gasteiger partial charge in [-0.15, -0.1) is 0 Å². The Morgan fingerprint density at radius 3 is 2.25 bits per heavy atom. The smallest absolute Gasteiger partial charge is 0.00217 e. The van der Waals surface area contributed by atoms with E-state index in [0.29, 0.717) is 5.41 Å². The second-order valence-corrected chi connectivity index (χ2v) is 4.55. The largest absolute Gasteiger partial charge is 0.165 e. The van der Waals surface area contributed by atoms with Gasteiger partial charge < -0.3 is 0 Å². The number of benzene rings is 1. The van der Waals surface area contributed by atoms with E-state index in [1.54, 1.807) is 0 Å². The zero-order valence-electron chi connectivity index (χ0n) is 8.00. The van der Waals surface area contributed by atoms with Crippen molar-refractivity contribution < 1.29 is 0 Å². The van der Waals surface area contributed by atoms with Crippen molar-refractivity contribution in [3.05, 3.63) is 35.9 Å². The predicted molar refractivity (Wildman–Crippen MR) is 57.9 cm³/mol. The Morgan fingerprint density at radius 2 is 1.75 bits per heavy atom. The molecule has 12 heavy (non-hydrogen) atoms. The fourth-order valence-corrected chi connectivity index (χ4v) is 2.22. The van der Waals surface area contributed by atoms with Crippen LogP contribution < -0.4 is 0 Å². The standard InChI is InChI=1S/C11H16S/c1-11(2,9-12-3)10-7-5-4-6-8-10/h4-8H,9H2,1-3H3. The zero-order chi connectivity index (χ0) is 9.03. The van der Waals surface area contributed by atoms with Crippen LogP contribution in [0.5, 0.6) is 0 Å². The van der Waals surface area contributed by atoms with Crippen LogP contribution in [0.1, 0.15) is 19.4 Å². The van der Waals surface area contributed by atoms with Gasteiger partial charge in [0.2, 0.25) is 0 Å². The van der Waals surface area contributed by atoms with Crippen molar-refractivity contribution in [3.8, 4) is 0 Å². The highest BCUT2D eigenvalue weighted by molar-refractivity contribution is 7.98. The second-order valence-electron chi connectivity index (χ2n) is 3.68. The highest BCUT2D eigenvalue weighted by atomic mass is 32.2. The summed E-state index contributed by atoms with van der Waals surface area (Å²) >= 11 is 1.90. The Labute approximate surface area is 79.4 Å². The van der Waals surface area contributed by atoms with Crippen LogP contribution in [0.25, 0.3) is 0 Å². The molecule has 1 rings (SSSR count). The van der Waals surface area contributed by atoms with E-state index in [1.165, 1.54) is 11.3 Å². The Bertz CT molecular complexity index is 226. The molecular weight excluding hydrogens is 164 g/mol. The van der Waals surface area contributed by atoms with Gasteiger partial charge in [0.05, 0.1) is 0 Å². The lowest BCUT2D eigenvalue weighted by atomic mass is 9.87. The van der Waals surface area contributed by atoms with E-state index >= 15 is 0 Å². The van der Waals surface area contributed by atoms with Gasteiger partial charge in [-0.05, 0) is 17.2 Å². The summed E-state index contributed by atoms with van der Waals surface area (Å²) in [7, 11) is 0. The number of thioether (sulfide) groups is 1. The van der Waals surface area contributed by atoms with Crippen molar-refractivity contribution in [1.82, 2.24) is 0 Å². The zero-order valence-corrected chi connectivity index (χ0v) is 8.82. The first-order chi connectivity index (χ1) is 5.67. The number of rotatable bonds is 3. The van der Waals surface area contributed by atoms with Gasteiger partial charge in [-0.2, -0.15) is 11.8 Å². The van der Waals surface area contributed by atoms with Gasteiger partial charge in [0, 0.05) is 5.75 Å². The van der Waals surface area contributed by atoms with Crippen LogP contribution in [0, 0.1) is 0 Å². The Morgan fingerprint density at radius 1 is 1.17 bits per heavy atom. The molecule has 0 atom stereocenters. The molecule has 0 aromatic heterocycles. The van der Waals surface area contributed by atoms with Crippen LogP contribution in [0.2, 0.25) is 0 Å². The van der Waals surface area contributed by atoms with Crippen LogP contribution in [0.15, 0.2) is 30.3 Å². The molecular formula is C11H16S. The minimum Gasteiger partial charge on any atom is -0.165 e. The first-order valence-corrected chi connectivity index (χ1v) is 5.61. The molecule has 0 nitrogen and oxygen atoms in total. The van der Waals surface area contributed by atoms with Gasteiger partial charge >= 0.3 is 0 Å². The fraction of sp³-hybridized carbons (Fsp3) is 0.455. The molecule has 0 aliphatic heterocycles. The lowest BCUT2D eigenvalue weighted by Crippen LogP contribution is -2.19. The molecule has 0 saturated heterocycles. The molecule has 0 radical (unpaired) electrons. The van der Waals surface area contributed by atoms with Gasteiger partial charge in [0.1, 0.15) is 0 Å². The van der Waals surface area contributed by atoms with E-state index in [0.717, 1.165) is 0 Å². The third-order valence-electron chi connectivity index (χ3n) is 2.06. The molecule has 0 aliphatic rings. The molecule has 1 heteroatoms. The van der Waals surface area contributed by atoms with Crippen LogP contribution in [0.4, 0.5) is 0 Å². The maximum absolute atomic E-state index is 2.29. The van der Waals surface area contributed by atoms with Gasteiger partial charge in [-0.1, -0.05) is 44.2 Å². The van der Waals surface area contributed by atoms with Crippen molar-refractivity contribution in [2.24, 2.45) is 0 Å². The van der Waals surface area contributed by atoms with Gasteiger partial charge in [-0.25, -0.2) is 0 Å². The molecule has 0 amide bonds. The molecule has 1 aromatic carbocycles. The van der Waals surface area contributed by atoms with Crippen LogP contribution >= 0.6 is 11.8 Å². The minimum atomic E-state index is 0.306. The van der Waals surface area contributed by atoms with Crippen LogP contribution in [0.3, 0.4) is 0 Å². The van der Waals surface area contributed by atoms with Gasteiger partial charge in [-0.3, -0.25) is 0 Å². The predicted octanol–water partition coefficient (Wildman–Crippen LogP) is 3.33. The summed E-state index contributed by atoms with van der Waals surface area (Å²) < 4.78 is 0. The Balaban J connectivity index is 2.82. The summed E-state index contributed by atoms with van der Waals surface area (Å²) in [6.07, 6.45) is 2.16. The highest BCUT2D eigenvalue weighted by Crippen LogP contribution is 2.25. The molecule has 0 unspecified atom stereocenters. The lowest BCUT2D eigenvalue weighted by Gasteiger charge is -2.23. The van der Waals surface area contributed by atoms with E-state index < -0.39 is 0 Å².